The van der Waals surface area contributed by atoms with E-state index in [-0.39, 0.29) is 17.0 Å². The van der Waals surface area contributed by atoms with Gasteiger partial charge in [0.15, 0.2) is 0 Å². The molecule has 0 aliphatic carbocycles. The Balaban J connectivity index is 2.18. The van der Waals surface area contributed by atoms with Crippen LogP contribution in [-0.4, -0.2) is 20.1 Å². The topological polar surface area (TPSA) is 90.2 Å². The maximum Gasteiger partial charge on any atom is 0.241 e. The van der Waals surface area contributed by atoms with Crippen molar-refractivity contribution in [2.45, 2.75) is 11.0 Å². The molecular formula is C13H11FN2O3S2. The number of hydrogen-bond acceptors (Lipinski definition) is 5. The van der Waals surface area contributed by atoms with Crippen molar-refractivity contribution >= 4 is 21.4 Å². The molecule has 1 aromatic carbocycles. The number of nitrogens with zero attached hydrogens (tertiary/aromatic N) is 1. The molecule has 0 saturated carbocycles. The summed E-state index contributed by atoms with van der Waals surface area (Å²) in [7, 11) is -4.00. The number of aliphatic hydroxyl groups excluding tert-OH is 1. The van der Waals surface area contributed by atoms with E-state index in [1.165, 1.54) is 11.3 Å². The fourth-order valence-corrected chi connectivity index (χ4v) is 3.55. The van der Waals surface area contributed by atoms with Crippen molar-refractivity contribution in [3.63, 3.8) is 0 Å². The van der Waals surface area contributed by atoms with Crippen molar-refractivity contribution in [3.05, 3.63) is 52.0 Å². The van der Waals surface area contributed by atoms with E-state index in [0.717, 1.165) is 18.2 Å². The quantitative estimate of drug-likeness (QED) is 0.876. The van der Waals surface area contributed by atoms with E-state index < -0.39 is 21.9 Å². The first-order valence-corrected chi connectivity index (χ1v) is 8.26. The monoisotopic (exact) mass is 326 g/mol. The summed E-state index contributed by atoms with van der Waals surface area (Å²) in [5.41, 5.74) is 0.315. The van der Waals surface area contributed by atoms with Crippen molar-refractivity contribution < 1.29 is 17.9 Å². The van der Waals surface area contributed by atoms with E-state index in [1.807, 2.05) is 0 Å². The van der Waals surface area contributed by atoms with E-state index in [1.54, 1.807) is 22.9 Å². The van der Waals surface area contributed by atoms with Crippen LogP contribution in [0.15, 0.2) is 39.9 Å². The first-order valence-electron chi connectivity index (χ1n) is 5.83. The number of aliphatic hydroxyl groups is 1. The molecule has 0 spiro atoms. The number of sulfonamides is 1. The summed E-state index contributed by atoms with van der Waals surface area (Å²) >= 11 is 1.38. The zero-order valence-electron chi connectivity index (χ0n) is 10.7. The second-order valence-corrected chi connectivity index (χ2v) is 6.69. The second-order valence-electron chi connectivity index (χ2n) is 4.18. The van der Waals surface area contributed by atoms with Gasteiger partial charge < -0.3 is 5.11 Å². The smallest absolute Gasteiger partial charge is 0.241 e. The van der Waals surface area contributed by atoms with E-state index in [4.69, 9.17) is 5.26 Å². The third-order valence-electron chi connectivity index (χ3n) is 2.75. The van der Waals surface area contributed by atoms with Gasteiger partial charge in [-0.15, -0.1) is 0 Å². The Kier molecular flexibility index (Phi) is 4.69. The minimum Gasteiger partial charge on any atom is -0.387 e. The lowest BCUT2D eigenvalue weighted by molar-refractivity contribution is 0.182. The van der Waals surface area contributed by atoms with Crippen molar-refractivity contribution in [3.8, 4) is 6.07 Å². The maximum absolute atomic E-state index is 13.0. The summed E-state index contributed by atoms with van der Waals surface area (Å²) in [4.78, 5) is -0.316. The molecule has 21 heavy (non-hydrogen) atoms. The molecule has 2 N–H and O–H groups in total. The highest BCUT2D eigenvalue weighted by atomic mass is 32.2. The minimum absolute atomic E-state index is 0.235. The van der Waals surface area contributed by atoms with E-state index in [2.05, 4.69) is 4.72 Å². The third kappa shape index (κ3) is 3.65. The number of rotatable bonds is 5. The van der Waals surface area contributed by atoms with Crippen LogP contribution in [0.5, 0.6) is 0 Å². The molecule has 1 heterocycles. The van der Waals surface area contributed by atoms with Crippen LogP contribution in [0, 0.1) is 17.1 Å². The van der Waals surface area contributed by atoms with Crippen LogP contribution in [0.2, 0.25) is 0 Å². The molecule has 0 fully saturated rings. The molecule has 2 rings (SSSR count). The predicted octanol–water partition coefficient (Wildman–Crippen LogP) is 1.77. The number of benzene rings is 1. The summed E-state index contributed by atoms with van der Waals surface area (Å²) in [6, 6.07) is 6.16. The van der Waals surface area contributed by atoms with Crippen LogP contribution in [-0.2, 0) is 10.0 Å². The Hall–Kier alpha value is -1.79. The van der Waals surface area contributed by atoms with Gasteiger partial charge in [0, 0.05) is 6.54 Å². The van der Waals surface area contributed by atoms with Crippen molar-refractivity contribution in [2.24, 2.45) is 0 Å². The normalized spacial score (nSPS) is 12.8. The Labute approximate surface area is 125 Å². The zero-order chi connectivity index (χ0) is 15.5. The summed E-state index contributed by atoms with van der Waals surface area (Å²) in [6.07, 6.45) is -0.989. The number of nitrogens with one attached hydrogen (secondary N) is 1. The lowest BCUT2D eigenvalue weighted by atomic mass is 10.2. The van der Waals surface area contributed by atoms with Gasteiger partial charge in [-0.25, -0.2) is 17.5 Å². The molecule has 0 aliphatic rings. The fourth-order valence-electron chi connectivity index (χ4n) is 1.67. The second kappa shape index (κ2) is 6.32. The van der Waals surface area contributed by atoms with Crippen LogP contribution in [0.4, 0.5) is 4.39 Å². The number of hydrogen-bond donors (Lipinski definition) is 2. The van der Waals surface area contributed by atoms with Gasteiger partial charge >= 0.3 is 0 Å². The maximum atomic E-state index is 13.0. The molecule has 0 radical (unpaired) electrons. The Bertz CT molecular complexity index is 767. The molecule has 0 bridgehead atoms. The van der Waals surface area contributed by atoms with Crippen LogP contribution in [0.25, 0.3) is 0 Å². The van der Waals surface area contributed by atoms with Gasteiger partial charge in [-0.05, 0) is 40.6 Å². The molecule has 0 saturated heterocycles. The lowest BCUT2D eigenvalue weighted by Gasteiger charge is -2.12. The lowest BCUT2D eigenvalue weighted by Crippen LogP contribution is -2.29. The Morgan fingerprint density at radius 3 is 2.81 bits per heavy atom. The standard InChI is InChI=1S/C13H11FN2O3S2/c14-11-1-2-13(10(5-11)6-15)21(18,19)16-7-12(17)9-3-4-20-8-9/h1-5,8,12,16-17H,7H2. The van der Waals surface area contributed by atoms with E-state index >= 15 is 0 Å². The minimum atomic E-state index is -4.00. The van der Waals surface area contributed by atoms with Crippen LogP contribution >= 0.6 is 11.3 Å². The molecular weight excluding hydrogens is 315 g/mol. The highest BCUT2D eigenvalue weighted by Gasteiger charge is 2.20. The first kappa shape index (κ1) is 15.6. The number of nitriles is 1. The molecule has 1 unspecified atom stereocenters. The number of halogens is 1. The van der Waals surface area contributed by atoms with Gasteiger partial charge in [0.05, 0.1) is 16.6 Å². The first-order chi connectivity index (χ1) is 9.94. The van der Waals surface area contributed by atoms with Crippen LogP contribution < -0.4 is 4.72 Å². The van der Waals surface area contributed by atoms with Crippen LogP contribution in [0.1, 0.15) is 17.2 Å². The summed E-state index contributed by atoms with van der Waals surface area (Å²) in [6.45, 7) is -0.235. The molecule has 110 valence electrons. The molecule has 8 heteroatoms. The fraction of sp³-hybridized carbons (Fsp3) is 0.154. The third-order valence-corrected chi connectivity index (χ3v) is 4.93. The SMILES string of the molecule is N#Cc1cc(F)ccc1S(=O)(=O)NCC(O)c1ccsc1. The molecule has 2 aromatic rings. The Morgan fingerprint density at radius 1 is 1.43 bits per heavy atom. The number of thiophene rings is 1. The van der Waals surface area contributed by atoms with Crippen molar-refractivity contribution in [2.75, 3.05) is 6.54 Å². The summed E-state index contributed by atoms with van der Waals surface area (Å²) in [5.74, 6) is -0.691. The summed E-state index contributed by atoms with van der Waals surface area (Å²) in [5, 5.41) is 22.2. The van der Waals surface area contributed by atoms with Gasteiger partial charge in [0.25, 0.3) is 0 Å². The van der Waals surface area contributed by atoms with Gasteiger partial charge in [-0.1, -0.05) is 0 Å². The van der Waals surface area contributed by atoms with Gasteiger partial charge in [0.1, 0.15) is 11.9 Å². The average molecular weight is 326 g/mol. The summed E-state index contributed by atoms with van der Waals surface area (Å²) < 4.78 is 39.4. The molecule has 5 nitrogen and oxygen atoms in total. The largest absolute Gasteiger partial charge is 0.387 e. The van der Waals surface area contributed by atoms with Gasteiger partial charge in [0.2, 0.25) is 10.0 Å². The Morgan fingerprint density at radius 2 is 2.19 bits per heavy atom. The van der Waals surface area contributed by atoms with Gasteiger partial charge in [-0.3, -0.25) is 0 Å². The average Bonchev–Trinajstić information content (AvgIpc) is 2.98. The predicted molar refractivity (Wildman–Crippen MR) is 75.6 cm³/mol. The molecule has 1 aromatic heterocycles. The van der Waals surface area contributed by atoms with Crippen molar-refractivity contribution in [1.29, 1.82) is 5.26 Å². The highest BCUT2D eigenvalue weighted by molar-refractivity contribution is 7.89. The van der Waals surface area contributed by atoms with Crippen molar-refractivity contribution in [1.82, 2.24) is 4.72 Å². The molecule has 0 aliphatic heterocycles. The van der Waals surface area contributed by atoms with E-state index in [9.17, 15) is 17.9 Å². The zero-order valence-corrected chi connectivity index (χ0v) is 12.3. The van der Waals surface area contributed by atoms with Gasteiger partial charge in [-0.2, -0.15) is 16.6 Å². The van der Waals surface area contributed by atoms with E-state index in [0.29, 0.717) is 5.56 Å². The molecule has 1 atom stereocenters. The molecule has 0 amide bonds. The van der Waals surface area contributed by atoms with Crippen LogP contribution in [0.3, 0.4) is 0 Å². The highest BCUT2D eigenvalue weighted by Crippen LogP contribution is 2.19.